The topological polar surface area (TPSA) is 69.7 Å². The number of aldehydes is 1. The first-order chi connectivity index (χ1) is 13.2. The van der Waals surface area contributed by atoms with Crippen LogP contribution in [0.5, 0.6) is 0 Å². The zero-order chi connectivity index (χ0) is 24.3. The van der Waals surface area contributed by atoms with Crippen molar-refractivity contribution in [3.63, 3.8) is 0 Å². The summed E-state index contributed by atoms with van der Waals surface area (Å²) in [4.78, 5) is 37.5. The fraction of sp³-hybridized carbons (Fsp3) is 0.875. The predicted octanol–water partition coefficient (Wildman–Crippen LogP) is 5.81. The van der Waals surface area contributed by atoms with Crippen LogP contribution >= 0.6 is 0 Å². The number of ether oxygens (including phenoxy) is 1. The van der Waals surface area contributed by atoms with Crippen molar-refractivity contribution < 1.29 is 23.5 Å². The van der Waals surface area contributed by atoms with Crippen LogP contribution in [0.1, 0.15) is 82.6 Å². The largest absolute Gasteiger partial charge is 0.460 e. The van der Waals surface area contributed by atoms with Crippen LogP contribution < -0.4 is 0 Å². The molecule has 5 nitrogen and oxygen atoms in total. The highest BCUT2D eigenvalue weighted by atomic mass is 28.4. The summed E-state index contributed by atoms with van der Waals surface area (Å²) in [5, 5.41) is -0.0316. The van der Waals surface area contributed by atoms with Gasteiger partial charge in [0.15, 0.2) is 8.32 Å². The molecule has 0 aliphatic heterocycles. The number of rotatable bonds is 10. The van der Waals surface area contributed by atoms with Crippen molar-refractivity contribution in [1.82, 2.24) is 0 Å². The summed E-state index contributed by atoms with van der Waals surface area (Å²) in [7, 11) is -2.18. The second-order valence-corrected chi connectivity index (χ2v) is 16.7. The molecule has 6 heteroatoms. The van der Waals surface area contributed by atoms with Crippen LogP contribution in [0, 0.1) is 23.2 Å². The smallest absolute Gasteiger partial charge is 0.306 e. The van der Waals surface area contributed by atoms with Gasteiger partial charge in [0.1, 0.15) is 17.7 Å². The SMILES string of the molecule is CC(C=O)C(O[Si](C)(C)C(C)(C)C)C(C)C(=O)C(C)(C)C(C)CC(=O)OC(C)(C)C. The number of Topliss-reactive ketones (excluding diaryl/α,β-unsaturated/α-hetero) is 1. The van der Waals surface area contributed by atoms with Crippen molar-refractivity contribution in [3.05, 3.63) is 0 Å². The molecule has 0 aromatic rings. The maximum atomic E-state index is 13.5. The second kappa shape index (κ2) is 10.1. The summed E-state index contributed by atoms with van der Waals surface area (Å²) in [6, 6.07) is 0. The lowest BCUT2D eigenvalue weighted by Gasteiger charge is -2.43. The van der Waals surface area contributed by atoms with Gasteiger partial charge >= 0.3 is 5.97 Å². The first-order valence-electron chi connectivity index (χ1n) is 11.1. The number of carbonyl (C=O) groups is 3. The molecule has 0 fully saturated rings. The molecule has 0 heterocycles. The third-order valence-corrected chi connectivity index (χ3v) is 11.1. The summed E-state index contributed by atoms with van der Waals surface area (Å²) in [6.07, 6.45) is 0.558. The Kier molecular flexibility index (Phi) is 9.73. The summed E-state index contributed by atoms with van der Waals surface area (Å²) in [6.45, 7) is 25.5. The average molecular weight is 443 g/mol. The van der Waals surface area contributed by atoms with Crippen LogP contribution in [-0.2, 0) is 23.5 Å². The maximum Gasteiger partial charge on any atom is 0.306 e. The van der Waals surface area contributed by atoms with Crippen LogP contribution in [0.15, 0.2) is 0 Å². The molecule has 176 valence electrons. The van der Waals surface area contributed by atoms with Gasteiger partial charge in [0.05, 0.1) is 6.10 Å². The summed E-state index contributed by atoms with van der Waals surface area (Å²) in [5.74, 6) is -1.36. The average Bonchev–Trinajstić information content (AvgIpc) is 2.54. The molecular formula is C24H46O5Si. The van der Waals surface area contributed by atoms with Gasteiger partial charge in [-0.1, -0.05) is 55.4 Å². The van der Waals surface area contributed by atoms with E-state index in [4.69, 9.17) is 9.16 Å². The van der Waals surface area contributed by atoms with Crippen LogP contribution in [0.25, 0.3) is 0 Å². The Morgan fingerprint density at radius 2 is 1.40 bits per heavy atom. The highest BCUT2D eigenvalue weighted by Crippen LogP contribution is 2.41. The molecule has 0 amide bonds. The Balaban J connectivity index is 5.63. The lowest BCUT2D eigenvalue weighted by Crippen LogP contribution is -2.51. The molecule has 0 rings (SSSR count). The zero-order valence-electron chi connectivity index (χ0n) is 21.6. The van der Waals surface area contributed by atoms with Gasteiger partial charge in [0, 0.05) is 23.7 Å². The fourth-order valence-corrected chi connectivity index (χ4v) is 4.58. The number of ketones is 1. The molecule has 30 heavy (non-hydrogen) atoms. The van der Waals surface area contributed by atoms with Crippen molar-refractivity contribution in [3.8, 4) is 0 Å². The van der Waals surface area contributed by atoms with E-state index in [0.717, 1.165) is 6.29 Å². The number of hydrogen-bond donors (Lipinski definition) is 0. The highest BCUT2D eigenvalue weighted by Gasteiger charge is 2.46. The van der Waals surface area contributed by atoms with Gasteiger partial charge < -0.3 is 14.0 Å². The molecule has 0 saturated heterocycles. The minimum Gasteiger partial charge on any atom is -0.460 e. The van der Waals surface area contributed by atoms with E-state index in [1.807, 2.05) is 55.4 Å². The quantitative estimate of drug-likeness (QED) is 0.242. The first-order valence-corrected chi connectivity index (χ1v) is 14.0. The molecule has 4 unspecified atom stereocenters. The molecule has 0 bridgehead atoms. The molecular weight excluding hydrogens is 396 g/mol. The van der Waals surface area contributed by atoms with Gasteiger partial charge in [-0.2, -0.15) is 0 Å². The van der Waals surface area contributed by atoms with Crippen molar-refractivity contribution in [2.45, 2.75) is 112 Å². The molecule has 0 N–H and O–H groups in total. The fourth-order valence-electron chi connectivity index (χ4n) is 3.13. The molecule has 0 saturated carbocycles. The van der Waals surface area contributed by atoms with E-state index >= 15 is 0 Å². The second-order valence-electron chi connectivity index (χ2n) is 11.9. The third kappa shape index (κ3) is 7.91. The van der Waals surface area contributed by atoms with Gasteiger partial charge in [0.25, 0.3) is 0 Å². The van der Waals surface area contributed by atoms with Crippen molar-refractivity contribution in [1.29, 1.82) is 0 Å². The van der Waals surface area contributed by atoms with E-state index in [-0.39, 0.29) is 29.1 Å². The van der Waals surface area contributed by atoms with Gasteiger partial charge in [-0.3, -0.25) is 9.59 Å². The minimum atomic E-state index is -2.18. The van der Waals surface area contributed by atoms with Crippen molar-refractivity contribution >= 4 is 26.4 Å². The third-order valence-electron chi connectivity index (χ3n) is 6.64. The zero-order valence-corrected chi connectivity index (χ0v) is 22.6. The normalized spacial score (nSPS) is 17.6. The summed E-state index contributed by atoms with van der Waals surface area (Å²) in [5.41, 5.74) is -1.31. The Bertz CT molecular complexity index is 610. The summed E-state index contributed by atoms with van der Waals surface area (Å²) < 4.78 is 12.0. The van der Waals surface area contributed by atoms with Gasteiger partial charge in [0.2, 0.25) is 0 Å². The molecule has 0 aromatic carbocycles. The highest BCUT2D eigenvalue weighted by molar-refractivity contribution is 6.74. The molecule has 0 aromatic heterocycles. The van der Waals surface area contributed by atoms with Crippen LogP contribution in [-0.4, -0.2) is 38.1 Å². The van der Waals surface area contributed by atoms with E-state index in [1.54, 1.807) is 0 Å². The molecule has 0 aliphatic carbocycles. The minimum absolute atomic E-state index is 0.0102. The van der Waals surface area contributed by atoms with Gasteiger partial charge in [-0.05, 0) is 44.8 Å². The van der Waals surface area contributed by atoms with E-state index in [9.17, 15) is 14.4 Å². The van der Waals surface area contributed by atoms with Crippen molar-refractivity contribution in [2.24, 2.45) is 23.2 Å². The van der Waals surface area contributed by atoms with E-state index in [1.165, 1.54) is 0 Å². The lowest BCUT2D eigenvalue weighted by molar-refractivity contribution is -0.157. The molecule has 4 atom stereocenters. The van der Waals surface area contributed by atoms with Crippen LogP contribution in [0.3, 0.4) is 0 Å². The van der Waals surface area contributed by atoms with E-state index < -0.39 is 37.3 Å². The number of carbonyl (C=O) groups excluding carboxylic acids is 3. The lowest BCUT2D eigenvalue weighted by atomic mass is 9.69. The van der Waals surface area contributed by atoms with Crippen LogP contribution in [0.4, 0.5) is 0 Å². The first kappa shape index (κ1) is 29.0. The number of hydrogen-bond acceptors (Lipinski definition) is 5. The van der Waals surface area contributed by atoms with Gasteiger partial charge in [-0.25, -0.2) is 0 Å². The summed E-state index contributed by atoms with van der Waals surface area (Å²) >= 11 is 0. The Hall–Kier alpha value is -1.01. The van der Waals surface area contributed by atoms with Crippen LogP contribution in [0.2, 0.25) is 18.1 Å². The Morgan fingerprint density at radius 1 is 0.933 bits per heavy atom. The van der Waals surface area contributed by atoms with Crippen molar-refractivity contribution in [2.75, 3.05) is 0 Å². The number of esters is 1. The van der Waals surface area contributed by atoms with E-state index in [0.29, 0.717) is 0 Å². The molecule has 0 spiro atoms. The molecule has 0 aliphatic rings. The Labute approximate surface area is 185 Å². The predicted molar refractivity (Wildman–Crippen MR) is 125 cm³/mol. The monoisotopic (exact) mass is 442 g/mol. The maximum absolute atomic E-state index is 13.5. The van der Waals surface area contributed by atoms with Gasteiger partial charge in [-0.15, -0.1) is 0 Å². The van der Waals surface area contributed by atoms with E-state index in [2.05, 4.69) is 33.9 Å². The Morgan fingerprint density at radius 3 is 1.77 bits per heavy atom. The standard InChI is InChI=1S/C24H46O5Si/c1-16(15-25)20(29-30(12,13)23(7,8)9)18(3)21(27)24(10,11)17(2)14-19(26)28-22(4,5)6/h15-18,20H,14H2,1-13H3. The molecule has 0 radical (unpaired) electrons.